The lowest BCUT2D eigenvalue weighted by Gasteiger charge is -2.34. The molecule has 1 aromatic carbocycles. The highest BCUT2D eigenvalue weighted by Gasteiger charge is 2.27. The molecule has 1 aliphatic heterocycles. The number of aryl methyl sites for hydroxylation is 1. The molecule has 4 rings (SSSR count). The van der Waals surface area contributed by atoms with Crippen molar-refractivity contribution in [3.05, 3.63) is 52.5 Å². The zero-order valence-corrected chi connectivity index (χ0v) is 17.5. The molecule has 0 bridgehead atoms. The lowest BCUT2D eigenvalue weighted by Crippen LogP contribution is -2.46. The van der Waals surface area contributed by atoms with Gasteiger partial charge in [0.05, 0.1) is 17.1 Å². The molecule has 2 aromatic heterocycles. The van der Waals surface area contributed by atoms with Crippen LogP contribution in [0.1, 0.15) is 47.1 Å². The number of hydrogen-bond acceptors (Lipinski definition) is 4. The fraction of sp³-hybridized carbons (Fsp3) is 0.455. The van der Waals surface area contributed by atoms with E-state index in [2.05, 4.69) is 35.3 Å². The minimum absolute atomic E-state index is 0.181. The van der Waals surface area contributed by atoms with E-state index in [0.29, 0.717) is 6.04 Å². The summed E-state index contributed by atoms with van der Waals surface area (Å²) in [4.78, 5) is 17.4. The van der Waals surface area contributed by atoms with E-state index in [1.165, 1.54) is 5.56 Å². The van der Waals surface area contributed by atoms with Crippen molar-refractivity contribution in [2.75, 3.05) is 19.6 Å². The normalized spacial score (nSPS) is 15.2. The standard InChI is InChI=1S/C22H28N4OS/c1-3-13-25(18-9-11-23-12-10-18)21(27)20-14-19-16(2)24-26(22(19)28-20)15-17-7-5-4-6-8-17/h4-8,14,18,23H,3,9-13,15H2,1-2H3. The molecule has 0 atom stereocenters. The lowest BCUT2D eigenvalue weighted by atomic mass is 10.0. The highest BCUT2D eigenvalue weighted by molar-refractivity contribution is 7.20. The zero-order valence-electron chi connectivity index (χ0n) is 16.6. The van der Waals surface area contributed by atoms with Gasteiger partial charge < -0.3 is 10.2 Å². The summed E-state index contributed by atoms with van der Waals surface area (Å²) < 4.78 is 2.04. The van der Waals surface area contributed by atoms with Crippen LogP contribution in [0.3, 0.4) is 0 Å². The van der Waals surface area contributed by atoms with Gasteiger partial charge in [0.2, 0.25) is 0 Å². The minimum atomic E-state index is 0.181. The molecule has 5 nitrogen and oxygen atoms in total. The van der Waals surface area contributed by atoms with Crippen LogP contribution < -0.4 is 5.32 Å². The van der Waals surface area contributed by atoms with Crippen LogP contribution in [0.5, 0.6) is 0 Å². The second kappa shape index (κ2) is 8.45. The van der Waals surface area contributed by atoms with E-state index in [9.17, 15) is 4.79 Å². The van der Waals surface area contributed by atoms with E-state index in [0.717, 1.165) is 66.2 Å². The number of thiophene rings is 1. The average Bonchev–Trinajstić information content (AvgIpc) is 3.29. The monoisotopic (exact) mass is 396 g/mol. The van der Waals surface area contributed by atoms with Gasteiger partial charge in [0, 0.05) is 18.0 Å². The van der Waals surface area contributed by atoms with Crippen LogP contribution in [0.2, 0.25) is 0 Å². The van der Waals surface area contributed by atoms with Gasteiger partial charge in [0.25, 0.3) is 5.91 Å². The maximum absolute atomic E-state index is 13.4. The number of aromatic nitrogens is 2. The van der Waals surface area contributed by atoms with E-state index in [1.54, 1.807) is 11.3 Å². The SMILES string of the molecule is CCCN(C(=O)c1cc2c(C)nn(Cc3ccccc3)c2s1)C1CCNCC1. The Morgan fingerprint density at radius 3 is 2.75 bits per heavy atom. The molecule has 0 spiro atoms. The topological polar surface area (TPSA) is 50.2 Å². The fourth-order valence-corrected chi connectivity index (χ4v) is 5.15. The van der Waals surface area contributed by atoms with Gasteiger partial charge in [-0.15, -0.1) is 11.3 Å². The number of hydrogen-bond donors (Lipinski definition) is 1. The number of benzene rings is 1. The average molecular weight is 397 g/mol. The molecule has 0 aliphatic carbocycles. The number of fused-ring (bicyclic) bond motifs is 1. The van der Waals surface area contributed by atoms with Crippen LogP contribution >= 0.6 is 11.3 Å². The van der Waals surface area contributed by atoms with Gasteiger partial charge in [-0.3, -0.25) is 9.48 Å². The van der Waals surface area contributed by atoms with E-state index < -0.39 is 0 Å². The Morgan fingerprint density at radius 2 is 2.04 bits per heavy atom. The molecule has 1 aliphatic rings. The van der Waals surface area contributed by atoms with Crippen LogP contribution in [-0.2, 0) is 6.54 Å². The number of nitrogens with one attached hydrogen (secondary N) is 1. The second-order valence-corrected chi connectivity index (χ2v) is 8.57. The number of nitrogens with zero attached hydrogens (tertiary/aromatic N) is 3. The number of amides is 1. The first-order chi connectivity index (χ1) is 13.7. The van der Waals surface area contributed by atoms with Crippen molar-refractivity contribution >= 4 is 27.5 Å². The molecule has 1 N–H and O–H groups in total. The summed E-state index contributed by atoms with van der Waals surface area (Å²) in [6.07, 6.45) is 3.07. The molecular weight excluding hydrogens is 368 g/mol. The molecule has 28 heavy (non-hydrogen) atoms. The first kappa shape index (κ1) is 19.2. The summed E-state index contributed by atoms with van der Waals surface area (Å²) >= 11 is 1.58. The largest absolute Gasteiger partial charge is 0.335 e. The van der Waals surface area contributed by atoms with Gasteiger partial charge in [0.1, 0.15) is 4.83 Å². The van der Waals surface area contributed by atoms with Crippen molar-refractivity contribution in [3.63, 3.8) is 0 Å². The third-order valence-corrected chi connectivity index (χ3v) is 6.60. The van der Waals surface area contributed by atoms with Gasteiger partial charge in [-0.1, -0.05) is 37.3 Å². The maximum atomic E-state index is 13.4. The van der Waals surface area contributed by atoms with Crippen LogP contribution in [0, 0.1) is 6.92 Å². The predicted molar refractivity (Wildman–Crippen MR) is 115 cm³/mol. The summed E-state index contributed by atoms with van der Waals surface area (Å²) in [6, 6.07) is 12.8. The third-order valence-electron chi connectivity index (χ3n) is 5.47. The van der Waals surface area contributed by atoms with Crippen LogP contribution in [0.4, 0.5) is 0 Å². The Kier molecular flexibility index (Phi) is 5.78. The second-order valence-electron chi connectivity index (χ2n) is 7.54. The highest BCUT2D eigenvalue weighted by Crippen LogP contribution is 2.30. The Morgan fingerprint density at radius 1 is 1.29 bits per heavy atom. The smallest absolute Gasteiger partial charge is 0.264 e. The van der Waals surface area contributed by atoms with Gasteiger partial charge >= 0.3 is 0 Å². The third kappa shape index (κ3) is 3.84. The molecular formula is C22H28N4OS. The first-order valence-corrected chi connectivity index (χ1v) is 11.0. The van der Waals surface area contributed by atoms with E-state index in [-0.39, 0.29) is 5.91 Å². The maximum Gasteiger partial charge on any atom is 0.264 e. The Hall–Kier alpha value is -2.18. The molecule has 1 amide bonds. The van der Waals surface area contributed by atoms with E-state index >= 15 is 0 Å². The minimum Gasteiger partial charge on any atom is -0.335 e. The number of piperidine rings is 1. The van der Waals surface area contributed by atoms with Gasteiger partial charge in [-0.05, 0) is 50.9 Å². The van der Waals surface area contributed by atoms with Crippen molar-refractivity contribution in [3.8, 4) is 0 Å². The molecule has 3 heterocycles. The van der Waals surface area contributed by atoms with Crippen molar-refractivity contribution < 1.29 is 4.79 Å². The number of carbonyl (C=O) groups is 1. The van der Waals surface area contributed by atoms with Crippen LogP contribution in [-0.4, -0.2) is 46.3 Å². The molecule has 3 aromatic rings. The number of carbonyl (C=O) groups excluding carboxylic acids is 1. The van der Waals surface area contributed by atoms with Crippen molar-refractivity contribution in [1.82, 2.24) is 20.0 Å². The fourth-order valence-electron chi connectivity index (χ4n) is 4.03. The zero-order chi connectivity index (χ0) is 19.5. The van der Waals surface area contributed by atoms with Crippen LogP contribution in [0.15, 0.2) is 36.4 Å². The molecule has 0 unspecified atom stereocenters. The van der Waals surface area contributed by atoms with Crippen molar-refractivity contribution in [2.24, 2.45) is 0 Å². The van der Waals surface area contributed by atoms with Gasteiger partial charge in [0.15, 0.2) is 0 Å². The Balaban J connectivity index is 1.62. The van der Waals surface area contributed by atoms with Gasteiger partial charge in [-0.25, -0.2) is 0 Å². The van der Waals surface area contributed by atoms with E-state index in [1.807, 2.05) is 29.8 Å². The van der Waals surface area contributed by atoms with Gasteiger partial charge in [-0.2, -0.15) is 5.10 Å². The van der Waals surface area contributed by atoms with Crippen molar-refractivity contribution in [2.45, 2.75) is 45.7 Å². The number of rotatable bonds is 6. The summed E-state index contributed by atoms with van der Waals surface area (Å²) in [5.74, 6) is 0.181. The summed E-state index contributed by atoms with van der Waals surface area (Å²) in [7, 11) is 0. The summed E-state index contributed by atoms with van der Waals surface area (Å²) in [6.45, 7) is 7.72. The molecule has 6 heteroatoms. The lowest BCUT2D eigenvalue weighted by molar-refractivity contribution is 0.0648. The molecule has 0 radical (unpaired) electrons. The van der Waals surface area contributed by atoms with E-state index in [4.69, 9.17) is 5.10 Å². The predicted octanol–water partition coefficient (Wildman–Crippen LogP) is 4.06. The highest BCUT2D eigenvalue weighted by atomic mass is 32.1. The molecule has 0 saturated carbocycles. The molecule has 1 fully saturated rings. The first-order valence-electron chi connectivity index (χ1n) is 10.2. The Labute approximate surface area is 170 Å². The summed E-state index contributed by atoms with van der Waals surface area (Å²) in [5.41, 5.74) is 2.21. The van der Waals surface area contributed by atoms with Crippen molar-refractivity contribution in [1.29, 1.82) is 0 Å². The van der Waals surface area contributed by atoms with Crippen LogP contribution in [0.25, 0.3) is 10.2 Å². The molecule has 148 valence electrons. The molecule has 1 saturated heterocycles. The Bertz CT molecular complexity index is 940. The quantitative estimate of drug-likeness (QED) is 0.684. The summed E-state index contributed by atoms with van der Waals surface area (Å²) in [5, 5.41) is 9.21.